The van der Waals surface area contributed by atoms with E-state index in [-0.39, 0.29) is 29.8 Å². The molecular formula is C26H28ClF4N3O3. The first-order chi connectivity index (χ1) is 17.4. The minimum Gasteiger partial charge on any atom is -0.493 e. The molecule has 1 aromatic heterocycles. The van der Waals surface area contributed by atoms with Gasteiger partial charge in [0.05, 0.1) is 17.2 Å². The van der Waals surface area contributed by atoms with E-state index in [4.69, 9.17) is 16.3 Å². The number of alkyl halides is 3. The lowest BCUT2D eigenvalue weighted by Crippen LogP contribution is -2.32. The quantitative estimate of drug-likeness (QED) is 0.422. The number of aliphatic carboxylic acids is 1. The minimum absolute atomic E-state index is 0.207. The van der Waals surface area contributed by atoms with Gasteiger partial charge in [-0.1, -0.05) is 18.5 Å². The molecule has 0 bridgehead atoms. The van der Waals surface area contributed by atoms with Gasteiger partial charge in [-0.25, -0.2) is 9.37 Å². The summed E-state index contributed by atoms with van der Waals surface area (Å²) >= 11 is 5.71. The molecule has 1 aromatic carbocycles. The molecule has 3 fully saturated rings. The van der Waals surface area contributed by atoms with Crippen molar-refractivity contribution in [1.29, 1.82) is 0 Å². The number of aromatic nitrogens is 1. The molecule has 2 aliphatic heterocycles. The highest BCUT2D eigenvalue weighted by Crippen LogP contribution is 2.47. The van der Waals surface area contributed by atoms with Crippen molar-refractivity contribution in [3.8, 4) is 5.75 Å². The molecule has 2 saturated heterocycles. The van der Waals surface area contributed by atoms with Crippen LogP contribution >= 0.6 is 11.6 Å². The Bertz CT molecular complexity index is 1210. The largest absolute Gasteiger partial charge is 0.493 e. The zero-order chi connectivity index (χ0) is 26.5. The number of hydrogen-bond acceptors (Lipinski definition) is 5. The average Bonchev–Trinajstić information content (AvgIpc) is 3.41. The molecule has 0 amide bonds. The number of hydrogen-bond donors (Lipinski definition) is 2. The molecule has 6 nitrogen and oxygen atoms in total. The van der Waals surface area contributed by atoms with Gasteiger partial charge in [-0.3, -0.25) is 10.1 Å². The van der Waals surface area contributed by atoms with E-state index in [9.17, 15) is 23.1 Å². The van der Waals surface area contributed by atoms with Crippen molar-refractivity contribution in [2.45, 2.75) is 63.2 Å². The number of pyridine rings is 1. The zero-order valence-electron chi connectivity index (χ0n) is 20.2. The van der Waals surface area contributed by atoms with E-state index in [1.165, 1.54) is 6.07 Å². The van der Waals surface area contributed by atoms with Crippen molar-refractivity contribution < 1.29 is 32.2 Å². The van der Waals surface area contributed by atoms with Gasteiger partial charge in [0.2, 0.25) is 0 Å². The predicted octanol–water partition coefficient (Wildman–Crippen LogP) is 5.94. The van der Waals surface area contributed by atoms with Crippen molar-refractivity contribution in [2.75, 3.05) is 24.6 Å². The molecule has 2 aromatic rings. The van der Waals surface area contributed by atoms with Crippen LogP contribution in [0.25, 0.3) is 0 Å². The van der Waals surface area contributed by atoms with Gasteiger partial charge in [0.1, 0.15) is 23.4 Å². The Balaban J connectivity index is 1.29. The normalized spacial score (nSPS) is 26.1. The summed E-state index contributed by atoms with van der Waals surface area (Å²) < 4.78 is 61.2. The number of carboxylic acid groups (broad SMARTS) is 1. The number of anilines is 1. The molecule has 5 rings (SSSR count). The lowest BCUT2D eigenvalue weighted by atomic mass is 9.91. The number of carboxylic acids is 1. The van der Waals surface area contributed by atoms with Crippen molar-refractivity contribution in [1.82, 2.24) is 10.3 Å². The van der Waals surface area contributed by atoms with Gasteiger partial charge in [-0.05, 0) is 55.7 Å². The first kappa shape index (κ1) is 26.0. The van der Waals surface area contributed by atoms with Crippen LogP contribution in [0.1, 0.15) is 67.7 Å². The third kappa shape index (κ3) is 5.50. The molecule has 1 aliphatic carbocycles. The third-order valence-electron chi connectivity index (χ3n) is 7.57. The summed E-state index contributed by atoms with van der Waals surface area (Å²) in [6, 6.07) is 3.13. The molecule has 37 heavy (non-hydrogen) atoms. The van der Waals surface area contributed by atoms with Crippen molar-refractivity contribution in [3.05, 3.63) is 51.9 Å². The van der Waals surface area contributed by atoms with Crippen LogP contribution in [0.5, 0.6) is 5.75 Å². The molecule has 3 unspecified atom stereocenters. The number of benzene rings is 1. The van der Waals surface area contributed by atoms with Crippen LogP contribution in [0.2, 0.25) is 5.02 Å². The van der Waals surface area contributed by atoms with Crippen LogP contribution in [-0.2, 0) is 11.0 Å². The topological polar surface area (TPSA) is 74.7 Å². The highest BCUT2D eigenvalue weighted by atomic mass is 35.5. The van der Waals surface area contributed by atoms with Crippen LogP contribution in [0.4, 0.5) is 23.4 Å². The third-order valence-corrected chi connectivity index (χ3v) is 7.87. The Labute approximate surface area is 217 Å². The Hall–Kier alpha value is -2.59. The SMILES string of the molecule is CC1(COc2cc(F)c(C3CCC(C(=O)O)N3)cc2C2CC2)CCN(c2cc(C(F)(F)F)c(Cl)cn2)C1. The molecule has 2 N–H and O–H groups in total. The summed E-state index contributed by atoms with van der Waals surface area (Å²) in [5, 5.41) is 11.8. The van der Waals surface area contributed by atoms with Crippen molar-refractivity contribution >= 4 is 23.4 Å². The fourth-order valence-corrected chi connectivity index (χ4v) is 5.50. The first-order valence-corrected chi connectivity index (χ1v) is 12.7. The summed E-state index contributed by atoms with van der Waals surface area (Å²) in [6.45, 7) is 3.20. The lowest BCUT2D eigenvalue weighted by molar-refractivity contribution is -0.139. The smallest absolute Gasteiger partial charge is 0.418 e. The van der Waals surface area contributed by atoms with E-state index in [1.54, 1.807) is 4.90 Å². The van der Waals surface area contributed by atoms with Crippen LogP contribution < -0.4 is 15.0 Å². The molecule has 1 saturated carbocycles. The van der Waals surface area contributed by atoms with E-state index in [1.807, 2.05) is 13.0 Å². The molecular weight excluding hydrogens is 514 g/mol. The second-order valence-corrected chi connectivity index (χ2v) is 11.1. The van der Waals surface area contributed by atoms with Crippen molar-refractivity contribution in [2.24, 2.45) is 5.41 Å². The number of rotatable bonds is 7. The van der Waals surface area contributed by atoms with Gasteiger partial charge in [0, 0.05) is 42.4 Å². The summed E-state index contributed by atoms with van der Waals surface area (Å²) in [5.41, 5.74) is 0.0902. The predicted molar refractivity (Wildman–Crippen MR) is 130 cm³/mol. The van der Waals surface area contributed by atoms with E-state index in [0.29, 0.717) is 43.7 Å². The zero-order valence-corrected chi connectivity index (χ0v) is 21.0. The van der Waals surface area contributed by atoms with Gasteiger partial charge in [-0.2, -0.15) is 13.2 Å². The van der Waals surface area contributed by atoms with E-state index >= 15 is 4.39 Å². The molecule has 11 heteroatoms. The molecule has 0 spiro atoms. The van der Waals surface area contributed by atoms with Gasteiger partial charge in [0.25, 0.3) is 0 Å². The highest BCUT2D eigenvalue weighted by molar-refractivity contribution is 6.31. The Morgan fingerprint density at radius 3 is 2.65 bits per heavy atom. The molecule has 0 radical (unpaired) electrons. The minimum atomic E-state index is -4.57. The number of carbonyl (C=O) groups is 1. The van der Waals surface area contributed by atoms with Gasteiger partial charge in [-0.15, -0.1) is 0 Å². The monoisotopic (exact) mass is 541 g/mol. The second kappa shape index (κ2) is 9.62. The Morgan fingerprint density at radius 2 is 2.00 bits per heavy atom. The maximum atomic E-state index is 15.2. The average molecular weight is 542 g/mol. The Morgan fingerprint density at radius 1 is 1.24 bits per heavy atom. The fraction of sp³-hybridized carbons (Fsp3) is 0.538. The van der Waals surface area contributed by atoms with E-state index in [0.717, 1.165) is 30.7 Å². The van der Waals surface area contributed by atoms with Crippen molar-refractivity contribution in [3.63, 3.8) is 0 Å². The summed E-state index contributed by atoms with van der Waals surface area (Å²) in [6.07, 6.45) is 0.0623. The number of halogens is 5. The fourth-order valence-electron chi connectivity index (χ4n) is 5.28. The summed E-state index contributed by atoms with van der Waals surface area (Å²) in [5.74, 6) is -0.421. The number of nitrogens with one attached hydrogen (secondary N) is 1. The van der Waals surface area contributed by atoms with E-state index in [2.05, 4.69) is 10.3 Å². The Kier molecular flexibility index (Phi) is 6.77. The second-order valence-electron chi connectivity index (χ2n) is 10.7. The van der Waals surface area contributed by atoms with Gasteiger partial charge < -0.3 is 14.7 Å². The summed E-state index contributed by atoms with van der Waals surface area (Å²) in [4.78, 5) is 17.2. The lowest BCUT2D eigenvalue weighted by Gasteiger charge is -2.26. The standard InChI is InChI=1S/C26H28ClF4N3O3/c1-25(6-7-34(12-25)23-9-17(26(29,30)31)18(27)11-32-23)13-37-22-10-19(28)16(8-15(22)14-2-3-14)20-4-5-21(33-20)24(35)36/h8-11,14,20-21,33H,2-7,12-13H2,1H3,(H,35,36). The molecule has 3 atom stereocenters. The maximum absolute atomic E-state index is 15.2. The number of nitrogens with zero attached hydrogens (tertiary/aromatic N) is 2. The molecule has 3 heterocycles. The summed E-state index contributed by atoms with van der Waals surface area (Å²) in [7, 11) is 0. The van der Waals surface area contributed by atoms with Crippen LogP contribution in [-0.4, -0.2) is 41.8 Å². The van der Waals surface area contributed by atoms with Crippen LogP contribution in [0, 0.1) is 11.2 Å². The maximum Gasteiger partial charge on any atom is 0.418 e. The molecule has 200 valence electrons. The van der Waals surface area contributed by atoms with Crippen LogP contribution in [0.15, 0.2) is 24.4 Å². The van der Waals surface area contributed by atoms with E-state index < -0.39 is 34.6 Å². The van der Waals surface area contributed by atoms with Gasteiger partial charge in [0.15, 0.2) is 0 Å². The highest BCUT2D eigenvalue weighted by Gasteiger charge is 2.39. The number of ether oxygens (including phenoxy) is 1. The van der Waals surface area contributed by atoms with Gasteiger partial charge >= 0.3 is 12.1 Å². The first-order valence-electron chi connectivity index (χ1n) is 12.4. The molecule has 3 aliphatic rings. The van der Waals surface area contributed by atoms with Crippen LogP contribution in [0.3, 0.4) is 0 Å².